The maximum absolute atomic E-state index is 13.5. The van der Waals surface area contributed by atoms with Crippen molar-refractivity contribution in [2.75, 3.05) is 11.9 Å². The van der Waals surface area contributed by atoms with E-state index in [0.29, 0.717) is 24.9 Å². The molecule has 0 aliphatic heterocycles. The molecule has 194 valence electrons. The average molecular weight is 541 g/mol. The smallest absolute Gasteiger partial charge is 0.351 e. The van der Waals surface area contributed by atoms with Gasteiger partial charge in [-0.3, -0.25) is 4.79 Å². The predicted molar refractivity (Wildman–Crippen MR) is 122 cm³/mol. The van der Waals surface area contributed by atoms with E-state index in [1.54, 1.807) is 12.4 Å². The van der Waals surface area contributed by atoms with E-state index in [-0.39, 0.29) is 28.9 Å². The second-order valence-electron chi connectivity index (χ2n) is 7.59. The maximum atomic E-state index is 13.5. The van der Waals surface area contributed by atoms with E-state index in [2.05, 4.69) is 35.6 Å². The summed E-state index contributed by atoms with van der Waals surface area (Å²) >= 11 is 0.977. The number of amides is 1. The highest BCUT2D eigenvalue weighted by Crippen LogP contribution is 2.34. The van der Waals surface area contributed by atoms with Crippen LogP contribution >= 0.6 is 11.3 Å². The number of carbonyl (C=O) groups is 1. The lowest BCUT2D eigenvalue weighted by Gasteiger charge is -2.13. The zero-order chi connectivity index (χ0) is 26.6. The quantitative estimate of drug-likeness (QED) is 0.202. The van der Waals surface area contributed by atoms with Crippen molar-refractivity contribution in [1.82, 2.24) is 30.2 Å². The first-order chi connectivity index (χ1) is 17.5. The summed E-state index contributed by atoms with van der Waals surface area (Å²) in [5, 5.41) is 6.58. The molecule has 3 aromatic heterocycles. The van der Waals surface area contributed by atoms with Gasteiger partial charge in [0.2, 0.25) is 5.95 Å². The summed E-state index contributed by atoms with van der Waals surface area (Å²) in [5.74, 6) is -0.702. The number of anilines is 2. The zero-order valence-electron chi connectivity index (χ0n) is 18.6. The average Bonchev–Trinajstić information content (AvgIpc) is 3.53. The van der Waals surface area contributed by atoms with Crippen LogP contribution in [0, 0.1) is 0 Å². The van der Waals surface area contributed by atoms with E-state index in [0.717, 1.165) is 23.5 Å². The molecule has 0 saturated carbocycles. The monoisotopic (exact) mass is 541 g/mol. The van der Waals surface area contributed by atoms with Gasteiger partial charge in [0.05, 0.1) is 11.3 Å². The van der Waals surface area contributed by atoms with Gasteiger partial charge in [-0.1, -0.05) is 12.1 Å². The van der Waals surface area contributed by atoms with Gasteiger partial charge in [-0.25, -0.2) is 19.9 Å². The van der Waals surface area contributed by atoms with Gasteiger partial charge in [-0.2, -0.15) is 26.3 Å². The highest BCUT2D eigenvalue weighted by molar-refractivity contribution is 7.14. The lowest BCUT2D eigenvalue weighted by molar-refractivity contribution is -0.138. The number of benzene rings is 1. The van der Waals surface area contributed by atoms with Crippen molar-refractivity contribution in [2.24, 2.45) is 0 Å². The summed E-state index contributed by atoms with van der Waals surface area (Å²) in [5.41, 5.74) is -2.64. The molecule has 0 saturated heterocycles. The van der Waals surface area contributed by atoms with Crippen LogP contribution in [0.2, 0.25) is 0 Å². The topological polar surface area (TPSA) is 108 Å². The summed E-state index contributed by atoms with van der Waals surface area (Å²) in [6.07, 6.45) is -4.83. The third-order valence-corrected chi connectivity index (χ3v) is 5.71. The Morgan fingerprint density at radius 3 is 2.57 bits per heavy atom. The number of aromatic nitrogens is 5. The molecule has 1 amide bonds. The Morgan fingerprint density at radius 2 is 1.86 bits per heavy atom. The summed E-state index contributed by atoms with van der Waals surface area (Å²) in [6.45, 7) is 0.0798. The van der Waals surface area contributed by atoms with Crippen LogP contribution in [0.15, 0.2) is 48.2 Å². The fourth-order valence-corrected chi connectivity index (χ4v) is 3.93. The van der Waals surface area contributed by atoms with Crippen molar-refractivity contribution in [3.8, 4) is 11.3 Å². The molecule has 0 bridgehead atoms. The van der Waals surface area contributed by atoms with E-state index < -0.39 is 35.1 Å². The Hall–Kier alpha value is -4.01. The van der Waals surface area contributed by atoms with Crippen molar-refractivity contribution in [3.05, 3.63) is 70.9 Å². The van der Waals surface area contributed by atoms with Gasteiger partial charge < -0.3 is 15.6 Å². The van der Waals surface area contributed by atoms with Gasteiger partial charge in [-0.05, 0) is 18.6 Å². The highest BCUT2D eigenvalue weighted by Gasteiger charge is 2.37. The molecule has 0 atom stereocenters. The number of alkyl halides is 6. The minimum atomic E-state index is -4.88. The third kappa shape index (κ3) is 6.61. The molecule has 3 N–H and O–H groups in total. The number of aromatic amines is 1. The van der Waals surface area contributed by atoms with Gasteiger partial charge in [0.25, 0.3) is 5.91 Å². The zero-order valence-corrected chi connectivity index (χ0v) is 19.4. The number of aryl methyl sites for hydroxylation is 1. The van der Waals surface area contributed by atoms with Crippen LogP contribution in [0.3, 0.4) is 0 Å². The number of rotatable bonds is 8. The molecule has 3 heterocycles. The maximum Gasteiger partial charge on any atom is 0.420 e. The van der Waals surface area contributed by atoms with Crippen molar-refractivity contribution in [1.29, 1.82) is 0 Å². The number of nitrogens with one attached hydrogen (secondary N) is 3. The number of halogens is 6. The SMILES string of the molecule is O=C(NCCCc1ncc[nH]1)c1nc(Nc2nc(-c3cccc(C(F)(F)F)c3)cs2)ncc1C(F)(F)F. The van der Waals surface area contributed by atoms with E-state index in [1.165, 1.54) is 17.5 Å². The normalized spacial score (nSPS) is 11.9. The minimum Gasteiger partial charge on any atom is -0.351 e. The number of thiazole rings is 1. The van der Waals surface area contributed by atoms with E-state index in [1.807, 2.05) is 0 Å². The Kier molecular flexibility index (Phi) is 7.42. The molecule has 4 aromatic rings. The van der Waals surface area contributed by atoms with Gasteiger partial charge >= 0.3 is 12.4 Å². The summed E-state index contributed by atoms with van der Waals surface area (Å²) in [4.78, 5) is 30.9. The molecule has 0 fully saturated rings. The van der Waals surface area contributed by atoms with Crippen molar-refractivity contribution in [2.45, 2.75) is 25.2 Å². The molecule has 0 radical (unpaired) electrons. The van der Waals surface area contributed by atoms with Gasteiger partial charge in [0, 0.05) is 42.5 Å². The number of nitrogens with zero attached hydrogens (tertiary/aromatic N) is 4. The van der Waals surface area contributed by atoms with Gasteiger partial charge in [0.15, 0.2) is 5.13 Å². The number of carbonyl (C=O) groups excluding carboxylic acids is 1. The molecule has 0 spiro atoms. The Balaban J connectivity index is 1.49. The molecule has 0 aliphatic carbocycles. The van der Waals surface area contributed by atoms with E-state index >= 15 is 0 Å². The molecular weight excluding hydrogens is 524 g/mol. The summed E-state index contributed by atoms with van der Waals surface area (Å²) < 4.78 is 79.4. The predicted octanol–water partition coefficient (Wildman–Crippen LogP) is 5.47. The first-order valence-electron chi connectivity index (χ1n) is 10.6. The standard InChI is InChI=1S/C22H17F6N7OS/c23-21(24,25)13-4-1-3-12(9-13)15-11-37-20(33-15)35-19-32-10-14(22(26,27)28)17(34-19)18(36)31-6-2-5-16-29-7-8-30-16/h1,3-4,7-11H,2,5-6H2,(H,29,30)(H,31,36)(H,32,33,34,35). The van der Waals surface area contributed by atoms with Crippen LogP contribution in [0.4, 0.5) is 37.4 Å². The third-order valence-electron chi connectivity index (χ3n) is 4.95. The number of hydrogen-bond acceptors (Lipinski definition) is 7. The number of imidazole rings is 1. The van der Waals surface area contributed by atoms with Crippen LogP contribution < -0.4 is 10.6 Å². The Labute approximate surface area is 209 Å². The molecule has 37 heavy (non-hydrogen) atoms. The van der Waals surface area contributed by atoms with Crippen LogP contribution in [0.5, 0.6) is 0 Å². The largest absolute Gasteiger partial charge is 0.420 e. The molecule has 15 heteroatoms. The second-order valence-corrected chi connectivity index (χ2v) is 8.45. The van der Waals surface area contributed by atoms with Crippen molar-refractivity contribution in [3.63, 3.8) is 0 Å². The van der Waals surface area contributed by atoms with Crippen LogP contribution in [0.25, 0.3) is 11.3 Å². The number of H-pyrrole nitrogens is 1. The summed E-state index contributed by atoms with van der Waals surface area (Å²) in [6, 6.07) is 4.54. The fraction of sp³-hybridized carbons (Fsp3) is 0.227. The first kappa shape index (κ1) is 26.1. The van der Waals surface area contributed by atoms with E-state index in [9.17, 15) is 31.1 Å². The van der Waals surface area contributed by atoms with Crippen LogP contribution in [0.1, 0.15) is 33.9 Å². The van der Waals surface area contributed by atoms with Crippen molar-refractivity contribution < 1.29 is 31.1 Å². The molecule has 0 aliphatic rings. The highest BCUT2D eigenvalue weighted by atomic mass is 32.1. The van der Waals surface area contributed by atoms with E-state index in [4.69, 9.17) is 0 Å². The summed E-state index contributed by atoms with van der Waals surface area (Å²) in [7, 11) is 0. The fourth-order valence-electron chi connectivity index (χ4n) is 3.21. The number of hydrogen-bond donors (Lipinski definition) is 3. The van der Waals surface area contributed by atoms with Gasteiger partial charge in [0.1, 0.15) is 17.1 Å². The van der Waals surface area contributed by atoms with Gasteiger partial charge in [-0.15, -0.1) is 11.3 Å². The lowest BCUT2D eigenvalue weighted by Crippen LogP contribution is -2.29. The molecule has 4 rings (SSSR count). The lowest BCUT2D eigenvalue weighted by atomic mass is 10.1. The molecule has 0 unspecified atom stereocenters. The minimum absolute atomic E-state index is 0.0798. The molecular formula is C22H17F6N7OS. The first-order valence-corrected chi connectivity index (χ1v) is 11.5. The Bertz CT molecular complexity index is 1370. The molecule has 1 aromatic carbocycles. The van der Waals surface area contributed by atoms with Crippen LogP contribution in [-0.2, 0) is 18.8 Å². The Morgan fingerprint density at radius 1 is 1.05 bits per heavy atom. The molecule has 8 nitrogen and oxygen atoms in total. The van der Waals surface area contributed by atoms with Crippen molar-refractivity contribution >= 4 is 28.3 Å². The van der Waals surface area contributed by atoms with Crippen LogP contribution in [-0.4, -0.2) is 37.4 Å². The second kappa shape index (κ2) is 10.5.